The minimum Gasteiger partial charge on any atom is -0.329 e. The van der Waals surface area contributed by atoms with E-state index in [4.69, 9.17) is 4.98 Å². The van der Waals surface area contributed by atoms with Crippen molar-refractivity contribution in [2.45, 2.75) is 51.0 Å². The Morgan fingerprint density at radius 3 is 3.03 bits per heavy atom. The lowest BCUT2D eigenvalue weighted by Gasteiger charge is -2.24. The van der Waals surface area contributed by atoms with Crippen molar-refractivity contribution in [3.05, 3.63) is 52.4 Å². The van der Waals surface area contributed by atoms with Crippen LogP contribution in [0.1, 0.15) is 65.6 Å². The van der Waals surface area contributed by atoms with Crippen molar-refractivity contribution in [1.29, 1.82) is 0 Å². The van der Waals surface area contributed by atoms with Crippen molar-refractivity contribution >= 4 is 28.2 Å². The normalized spacial score (nSPS) is 19.0. The second kappa shape index (κ2) is 7.94. The minimum atomic E-state index is -0.0151. The predicted molar refractivity (Wildman–Crippen MR) is 112 cm³/mol. The van der Waals surface area contributed by atoms with E-state index in [0.29, 0.717) is 5.69 Å². The Balaban J connectivity index is 1.39. The smallest absolute Gasteiger partial charge is 0.275 e. The lowest BCUT2D eigenvalue weighted by molar-refractivity contribution is 0.0726. The summed E-state index contributed by atoms with van der Waals surface area (Å²) in [4.78, 5) is 24.4. The first-order chi connectivity index (χ1) is 14.3. The van der Waals surface area contributed by atoms with Crippen LogP contribution >= 0.6 is 11.3 Å². The van der Waals surface area contributed by atoms with Crippen LogP contribution in [-0.2, 0) is 12.8 Å². The quantitative estimate of drug-likeness (QED) is 0.630. The summed E-state index contributed by atoms with van der Waals surface area (Å²) in [5.41, 5.74) is 3.81. The molecule has 3 aromatic heterocycles. The molecule has 2 aliphatic rings. The number of hydrogen-bond donors (Lipinski definition) is 2. The van der Waals surface area contributed by atoms with Gasteiger partial charge in [-0.15, -0.1) is 11.3 Å². The van der Waals surface area contributed by atoms with Gasteiger partial charge in [-0.3, -0.25) is 9.89 Å². The molecule has 0 radical (unpaired) electrons. The summed E-state index contributed by atoms with van der Waals surface area (Å²) in [6.07, 6.45) is 9.11. The number of aromatic amines is 1. The van der Waals surface area contributed by atoms with Crippen LogP contribution < -0.4 is 5.32 Å². The van der Waals surface area contributed by atoms with Gasteiger partial charge in [-0.2, -0.15) is 5.10 Å². The maximum Gasteiger partial charge on any atom is 0.275 e. The molecule has 4 heterocycles. The number of hydrogen-bond acceptors (Lipinski definition) is 6. The number of fused-ring (bicyclic) bond motifs is 1. The zero-order chi connectivity index (χ0) is 19.6. The minimum absolute atomic E-state index is 0.0151. The summed E-state index contributed by atoms with van der Waals surface area (Å²) in [7, 11) is 0. The summed E-state index contributed by atoms with van der Waals surface area (Å²) in [6, 6.07) is 5.91. The number of carbonyl (C=O) groups excluding carboxylic acids is 1. The number of aromatic nitrogens is 4. The highest BCUT2D eigenvalue weighted by atomic mass is 32.1. The summed E-state index contributed by atoms with van der Waals surface area (Å²) >= 11 is 1.54. The van der Waals surface area contributed by atoms with Gasteiger partial charge >= 0.3 is 0 Å². The molecule has 2 N–H and O–H groups in total. The second-order valence-corrected chi connectivity index (χ2v) is 8.55. The van der Waals surface area contributed by atoms with Crippen LogP contribution in [0, 0.1) is 0 Å². The predicted octanol–water partition coefficient (Wildman–Crippen LogP) is 4.25. The Labute approximate surface area is 173 Å². The maximum atomic E-state index is 13.4. The van der Waals surface area contributed by atoms with Gasteiger partial charge in [0, 0.05) is 29.4 Å². The Morgan fingerprint density at radius 1 is 1.21 bits per heavy atom. The first-order valence-corrected chi connectivity index (χ1v) is 11.2. The topological polar surface area (TPSA) is 86.8 Å². The van der Waals surface area contributed by atoms with E-state index in [1.54, 1.807) is 6.20 Å². The third-order valence-electron chi connectivity index (χ3n) is 5.80. The molecule has 0 spiro atoms. The van der Waals surface area contributed by atoms with Gasteiger partial charge in [-0.25, -0.2) is 9.97 Å². The fraction of sp³-hybridized carbons (Fsp3) is 0.429. The van der Waals surface area contributed by atoms with Gasteiger partial charge in [-0.05, 0) is 50.7 Å². The molecule has 1 saturated heterocycles. The van der Waals surface area contributed by atoms with E-state index in [1.165, 1.54) is 17.8 Å². The van der Waals surface area contributed by atoms with Crippen molar-refractivity contribution in [1.82, 2.24) is 25.1 Å². The number of rotatable bonds is 4. The van der Waals surface area contributed by atoms with Crippen molar-refractivity contribution in [2.75, 3.05) is 11.9 Å². The average Bonchev–Trinajstić information content (AvgIpc) is 3.47. The van der Waals surface area contributed by atoms with E-state index in [-0.39, 0.29) is 11.9 Å². The number of H-pyrrole nitrogens is 1. The number of nitrogens with one attached hydrogen (secondary N) is 2. The van der Waals surface area contributed by atoms with Crippen LogP contribution in [0.5, 0.6) is 0 Å². The van der Waals surface area contributed by atoms with Crippen LogP contribution in [0.2, 0.25) is 0 Å². The van der Waals surface area contributed by atoms with Crippen molar-refractivity contribution in [2.24, 2.45) is 0 Å². The molecule has 150 valence electrons. The number of aryl methyl sites for hydroxylation is 1. The highest BCUT2D eigenvalue weighted by Crippen LogP contribution is 2.34. The molecule has 1 aliphatic heterocycles. The molecule has 1 fully saturated rings. The molecule has 0 bridgehead atoms. The second-order valence-electron chi connectivity index (χ2n) is 7.66. The zero-order valence-corrected chi connectivity index (χ0v) is 17.0. The molecule has 1 atom stereocenters. The fourth-order valence-corrected chi connectivity index (χ4v) is 4.93. The third-order valence-corrected chi connectivity index (χ3v) is 6.49. The van der Waals surface area contributed by atoms with Crippen LogP contribution in [-0.4, -0.2) is 37.5 Å². The number of carbonyl (C=O) groups is 1. The third kappa shape index (κ3) is 3.64. The molecular formula is C21H24N6OS. The monoisotopic (exact) mass is 408 g/mol. The molecule has 5 rings (SSSR count). The van der Waals surface area contributed by atoms with Crippen LogP contribution in [0.15, 0.2) is 29.8 Å². The number of anilines is 2. The largest absolute Gasteiger partial charge is 0.329 e. The van der Waals surface area contributed by atoms with Crippen molar-refractivity contribution in [3.8, 4) is 0 Å². The van der Waals surface area contributed by atoms with Gasteiger partial charge in [0.25, 0.3) is 5.91 Å². The summed E-state index contributed by atoms with van der Waals surface area (Å²) < 4.78 is 0. The van der Waals surface area contributed by atoms with E-state index >= 15 is 0 Å². The molecule has 0 unspecified atom stereocenters. The van der Waals surface area contributed by atoms with Crippen LogP contribution in [0.4, 0.5) is 10.9 Å². The van der Waals surface area contributed by atoms with Crippen LogP contribution in [0.25, 0.3) is 0 Å². The molecule has 0 aromatic carbocycles. The van der Waals surface area contributed by atoms with Gasteiger partial charge < -0.3 is 10.2 Å². The van der Waals surface area contributed by atoms with Gasteiger partial charge in [-0.1, -0.05) is 12.5 Å². The van der Waals surface area contributed by atoms with Crippen molar-refractivity contribution in [3.63, 3.8) is 0 Å². The number of thiazole rings is 1. The number of amides is 1. The summed E-state index contributed by atoms with van der Waals surface area (Å²) in [5, 5.41) is 13.5. The van der Waals surface area contributed by atoms with E-state index < -0.39 is 0 Å². The lowest BCUT2D eigenvalue weighted by Crippen LogP contribution is -2.32. The number of likely N-dealkylation sites (tertiary alicyclic amines) is 1. The van der Waals surface area contributed by atoms with E-state index in [9.17, 15) is 4.79 Å². The number of pyridine rings is 1. The Bertz CT molecular complexity index is 999. The zero-order valence-electron chi connectivity index (χ0n) is 16.2. The van der Waals surface area contributed by atoms with Crippen molar-refractivity contribution < 1.29 is 4.79 Å². The van der Waals surface area contributed by atoms with Gasteiger partial charge in [0.1, 0.15) is 5.82 Å². The molecule has 1 amide bonds. The average molecular weight is 409 g/mol. The first-order valence-electron chi connectivity index (χ1n) is 10.3. The Hall–Kier alpha value is -2.74. The Kier molecular flexibility index (Phi) is 5.01. The van der Waals surface area contributed by atoms with E-state index in [2.05, 4.69) is 20.5 Å². The van der Waals surface area contributed by atoms with Gasteiger partial charge in [0.15, 0.2) is 10.8 Å². The highest BCUT2D eigenvalue weighted by molar-refractivity contribution is 7.13. The molecule has 8 heteroatoms. The molecule has 7 nitrogen and oxygen atoms in total. The number of nitrogens with zero attached hydrogens (tertiary/aromatic N) is 4. The summed E-state index contributed by atoms with van der Waals surface area (Å²) in [5.74, 6) is 0.789. The Morgan fingerprint density at radius 2 is 2.14 bits per heavy atom. The molecule has 0 saturated carbocycles. The molecule has 1 aliphatic carbocycles. The SMILES string of the molecule is O=C(c1n[nH]c2c1CCCCC2)N1CCC[C@H]1c1cccc(Nc2nccs2)n1. The van der Waals surface area contributed by atoms with Crippen LogP contribution in [0.3, 0.4) is 0 Å². The van der Waals surface area contributed by atoms with E-state index in [1.807, 2.05) is 28.5 Å². The lowest BCUT2D eigenvalue weighted by atomic mass is 10.1. The highest BCUT2D eigenvalue weighted by Gasteiger charge is 2.34. The maximum absolute atomic E-state index is 13.4. The summed E-state index contributed by atoms with van der Waals surface area (Å²) in [6.45, 7) is 0.747. The first kappa shape index (κ1) is 18.3. The molecule has 29 heavy (non-hydrogen) atoms. The van der Waals surface area contributed by atoms with E-state index in [0.717, 1.165) is 73.0 Å². The fourth-order valence-electron chi connectivity index (χ4n) is 4.39. The van der Waals surface area contributed by atoms with Gasteiger partial charge in [0.2, 0.25) is 0 Å². The standard InChI is InChI=1S/C21H24N6OS/c28-20(19-14-6-2-1-3-7-15(14)25-26-19)27-12-5-9-17(27)16-8-4-10-18(23-16)24-21-22-11-13-29-21/h4,8,10-11,13,17H,1-3,5-7,9,12H2,(H,25,26)(H,22,23,24)/t17-/m0/s1. The molecule has 3 aromatic rings. The molecular weight excluding hydrogens is 384 g/mol. The van der Waals surface area contributed by atoms with Gasteiger partial charge in [0.05, 0.1) is 11.7 Å².